The second-order valence-electron chi connectivity index (χ2n) is 4.46. The molecule has 0 saturated carbocycles. The zero-order valence-corrected chi connectivity index (χ0v) is 10.1. The number of pyridine rings is 1. The normalized spacial score (nSPS) is 12.4. The van der Waals surface area contributed by atoms with Gasteiger partial charge in [0.15, 0.2) is 0 Å². The lowest BCUT2D eigenvalue weighted by Crippen LogP contribution is -2.25. The highest BCUT2D eigenvalue weighted by Gasteiger charge is 2.07. The van der Waals surface area contributed by atoms with Crippen molar-refractivity contribution >= 4 is 0 Å². The fourth-order valence-electron chi connectivity index (χ4n) is 1.98. The zero-order valence-electron chi connectivity index (χ0n) is 10.1. The maximum atomic E-state index is 6.18. The first-order valence-corrected chi connectivity index (χ1v) is 5.94. The third-order valence-corrected chi connectivity index (χ3v) is 2.97. The minimum absolute atomic E-state index is 0.153. The van der Waals surface area contributed by atoms with Crippen molar-refractivity contribution < 1.29 is 0 Å². The second-order valence-corrected chi connectivity index (χ2v) is 4.46. The Morgan fingerprint density at radius 2 is 1.88 bits per heavy atom. The van der Waals surface area contributed by atoms with E-state index in [4.69, 9.17) is 5.73 Å². The molecule has 0 aliphatic heterocycles. The first kappa shape index (κ1) is 11.8. The second kappa shape index (κ2) is 5.60. The predicted molar refractivity (Wildman–Crippen MR) is 70.8 cm³/mol. The van der Waals surface area contributed by atoms with Crippen molar-refractivity contribution in [3.05, 3.63) is 65.5 Å². The highest BCUT2D eigenvalue weighted by Crippen LogP contribution is 2.10. The van der Waals surface area contributed by atoms with Crippen molar-refractivity contribution in [3.8, 4) is 0 Å². The highest BCUT2D eigenvalue weighted by atomic mass is 14.6. The minimum Gasteiger partial charge on any atom is -0.327 e. The largest absolute Gasteiger partial charge is 0.327 e. The molecular formula is C15H18N2. The van der Waals surface area contributed by atoms with E-state index in [1.165, 1.54) is 16.7 Å². The van der Waals surface area contributed by atoms with Crippen molar-refractivity contribution in [2.45, 2.75) is 25.8 Å². The van der Waals surface area contributed by atoms with E-state index in [9.17, 15) is 0 Å². The molecular weight excluding hydrogens is 208 g/mol. The summed E-state index contributed by atoms with van der Waals surface area (Å²) in [5.41, 5.74) is 9.99. The van der Waals surface area contributed by atoms with Crippen LogP contribution in [0.1, 0.15) is 16.7 Å². The van der Waals surface area contributed by atoms with E-state index < -0.39 is 0 Å². The summed E-state index contributed by atoms with van der Waals surface area (Å²) >= 11 is 0. The Kier molecular flexibility index (Phi) is 3.89. The summed E-state index contributed by atoms with van der Waals surface area (Å²) in [6.45, 7) is 2.10. The molecule has 2 heteroatoms. The van der Waals surface area contributed by atoms with Gasteiger partial charge in [-0.1, -0.05) is 30.3 Å². The Balaban J connectivity index is 1.98. The average molecular weight is 226 g/mol. The Hall–Kier alpha value is -1.67. The third kappa shape index (κ3) is 3.40. The van der Waals surface area contributed by atoms with Crippen LogP contribution in [-0.2, 0) is 12.8 Å². The molecule has 0 bridgehead atoms. The Morgan fingerprint density at radius 1 is 1.12 bits per heavy atom. The van der Waals surface area contributed by atoms with Crippen LogP contribution >= 0.6 is 0 Å². The molecule has 0 saturated heterocycles. The number of benzene rings is 1. The van der Waals surface area contributed by atoms with E-state index >= 15 is 0 Å². The Labute approximate surface area is 103 Å². The molecule has 88 valence electrons. The number of hydrogen-bond donors (Lipinski definition) is 1. The van der Waals surface area contributed by atoms with Gasteiger partial charge in [0, 0.05) is 18.4 Å². The molecule has 0 spiro atoms. The lowest BCUT2D eigenvalue weighted by molar-refractivity contribution is 0.661. The van der Waals surface area contributed by atoms with Gasteiger partial charge in [0.25, 0.3) is 0 Å². The van der Waals surface area contributed by atoms with Crippen LogP contribution in [0.15, 0.2) is 48.8 Å². The number of aryl methyl sites for hydroxylation is 1. The molecule has 0 fully saturated rings. The molecule has 1 aromatic heterocycles. The molecule has 17 heavy (non-hydrogen) atoms. The minimum atomic E-state index is 0.153. The Bertz CT molecular complexity index is 465. The summed E-state index contributed by atoms with van der Waals surface area (Å²) < 4.78 is 0. The van der Waals surface area contributed by atoms with Gasteiger partial charge in [-0.2, -0.15) is 0 Å². The lowest BCUT2D eigenvalue weighted by atomic mass is 9.98. The molecule has 1 aromatic carbocycles. The summed E-state index contributed by atoms with van der Waals surface area (Å²) in [7, 11) is 0. The first-order valence-electron chi connectivity index (χ1n) is 5.94. The van der Waals surface area contributed by atoms with E-state index in [0.29, 0.717) is 0 Å². The van der Waals surface area contributed by atoms with Gasteiger partial charge in [-0.3, -0.25) is 4.98 Å². The quantitative estimate of drug-likeness (QED) is 0.870. The van der Waals surface area contributed by atoms with Gasteiger partial charge < -0.3 is 5.73 Å². The van der Waals surface area contributed by atoms with Gasteiger partial charge in [-0.05, 0) is 42.5 Å². The van der Waals surface area contributed by atoms with Crippen LogP contribution in [0.25, 0.3) is 0 Å². The van der Waals surface area contributed by atoms with Crippen LogP contribution in [0, 0.1) is 6.92 Å². The number of nitrogens with two attached hydrogens (primary N) is 1. The van der Waals surface area contributed by atoms with Crippen LogP contribution in [0.5, 0.6) is 0 Å². The zero-order chi connectivity index (χ0) is 12.1. The van der Waals surface area contributed by atoms with Crippen molar-refractivity contribution in [1.82, 2.24) is 4.98 Å². The number of nitrogens with zero attached hydrogens (tertiary/aromatic N) is 1. The number of hydrogen-bond acceptors (Lipinski definition) is 2. The van der Waals surface area contributed by atoms with Gasteiger partial charge in [0.1, 0.15) is 0 Å². The maximum absolute atomic E-state index is 6.18. The van der Waals surface area contributed by atoms with Crippen LogP contribution in [0.4, 0.5) is 0 Å². The molecule has 0 aliphatic carbocycles. The molecule has 2 nitrogen and oxygen atoms in total. The monoisotopic (exact) mass is 226 g/mol. The summed E-state index contributed by atoms with van der Waals surface area (Å²) in [6.07, 6.45) is 5.53. The van der Waals surface area contributed by atoms with Gasteiger partial charge in [-0.15, -0.1) is 0 Å². The van der Waals surface area contributed by atoms with Crippen molar-refractivity contribution in [1.29, 1.82) is 0 Å². The Morgan fingerprint density at radius 3 is 2.59 bits per heavy atom. The van der Waals surface area contributed by atoms with Gasteiger partial charge in [0.2, 0.25) is 0 Å². The summed E-state index contributed by atoms with van der Waals surface area (Å²) in [5, 5.41) is 0. The van der Waals surface area contributed by atoms with Crippen LogP contribution in [-0.4, -0.2) is 11.0 Å². The molecule has 0 aliphatic rings. The predicted octanol–water partition coefficient (Wildman–Crippen LogP) is 2.50. The summed E-state index contributed by atoms with van der Waals surface area (Å²) in [4.78, 5) is 4.15. The molecule has 1 atom stereocenters. The van der Waals surface area contributed by atoms with Crippen molar-refractivity contribution in [2.75, 3.05) is 0 Å². The smallest absolute Gasteiger partial charge is 0.0303 e. The van der Waals surface area contributed by atoms with E-state index in [2.05, 4.69) is 36.2 Å². The fraction of sp³-hybridized carbons (Fsp3) is 0.267. The van der Waals surface area contributed by atoms with Gasteiger partial charge in [0.05, 0.1) is 0 Å². The van der Waals surface area contributed by atoms with E-state index in [1.807, 2.05) is 24.5 Å². The topological polar surface area (TPSA) is 38.9 Å². The van der Waals surface area contributed by atoms with Crippen LogP contribution < -0.4 is 5.73 Å². The van der Waals surface area contributed by atoms with E-state index in [1.54, 1.807) is 0 Å². The third-order valence-electron chi connectivity index (χ3n) is 2.97. The van der Waals surface area contributed by atoms with Crippen LogP contribution in [0.3, 0.4) is 0 Å². The molecule has 0 radical (unpaired) electrons. The number of aromatic nitrogens is 1. The molecule has 2 rings (SSSR count). The number of rotatable bonds is 4. The summed E-state index contributed by atoms with van der Waals surface area (Å²) in [5.74, 6) is 0. The molecule has 0 amide bonds. The average Bonchev–Trinajstić information content (AvgIpc) is 2.33. The van der Waals surface area contributed by atoms with Crippen molar-refractivity contribution in [2.24, 2.45) is 5.73 Å². The van der Waals surface area contributed by atoms with Gasteiger partial charge >= 0.3 is 0 Å². The first-order chi connectivity index (χ1) is 8.25. The van der Waals surface area contributed by atoms with E-state index in [-0.39, 0.29) is 6.04 Å². The van der Waals surface area contributed by atoms with E-state index in [0.717, 1.165) is 12.8 Å². The molecule has 2 N–H and O–H groups in total. The highest BCUT2D eigenvalue weighted by molar-refractivity contribution is 5.23. The van der Waals surface area contributed by atoms with Gasteiger partial charge in [-0.25, -0.2) is 0 Å². The standard InChI is InChI=1S/C15H18N2/c1-12-7-8-17-11-14(12)10-15(16)9-13-5-3-2-4-6-13/h2-8,11,15H,9-10,16H2,1H3. The van der Waals surface area contributed by atoms with Crippen LogP contribution in [0.2, 0.25) is 0 Å². The molecule has 1 unspecified atom stereocenters. The SMILES string of the molecule is Cc1ccncc1CC(N)Cc1ccccc1. The molecule has 2 aromatic rings. The van der Waals surface area contributed by atoms with Crippen molar-refractivity contribution in [3.63, 3.8) is 0 Å². The lowest BCUT2D eigenvalue weighted by Gasteiger charge is -2.13. The summed E-state index contributed by atoms with van der Waals surface area (Å²) in [6, 6.07) is 12.6. The molecule has 1 heterocycles. The maximum Gasteiger partial charge on any atom is 0.0303 e. The fourth-order valence-corrected chi connectivity index (χ4v) is 1.98.